The molecule has 0 saturated heterocycles. The van der Waals surface area contributed by atoms with E-state index in [4.69, 9.17) is 4.74 Å². The molecule has 0 heterocycles. The first-order chi connectivity index (χ1) is 38.0. The van der Waals surface area contributed by atoms with Crippen LogP contribution in [-0.4, -0.2) is 47.4 Å². The van der Waals surface area contributed by atoms with Crippen molar-refractivity contribution in [2.45, 2.75) is 405 Å². The molecule has 2 unspecified atom stereocenters. The molecule has 0 aliphatic carbocycles. The number of aliphatic hydroxyl groups is 2. The molecular formula is C71H137NO5. The van der Waals surface area contributed by atoms with E-state index >= 15 is 0 Å². The molecule has 0 aromatic carbocycles. The highest BCUT2D eigenvalue weighted by Crippen LogP contribution is 2.19. The van der Waals surface area contributed by atoms with Gasteiger partial charge in [0.2, 0.25) is 5.91 Å². The molecule has 3 N–H and O–H groups in total. The van der Waals surface area contributed by atoms with Crippen molar-refractivity contribution >= 4 is 11.9 Å². The number of ether oxygens (including phenoxy) is 1. The SMILES string of the molecule is CCCCCC/C=C\CCCCCCCC(=O)OCCCCCCCCCCCCCCCCCCCCCCCCCCCCCCCC(=O)NC(CO)C(O)/C=C/CCCCCCCCCCCCCCCCCC. The minimum Gasteiger partial charge on any atom is -0.466 e. The minimum absolute atomic E-state index is 0.0104. The molecule has 1 amide bonds. The van der Waals surface area contributed by atoms with Gasteiger partial charge in [-0.25, -0.2) is 0 Å². The van der Waals surface area contributed by atoms with Gasteiger partial charge in [-0.15, -0.1) is 0 Å². The van der Waals surface area contributed by atoms with Gasteiger partial charge in [0.05, 0.1) is 25.4 Å². The molecule has 0 radical (unpaired) electrons. The molecule has 456 valence electrons. The lowest BCUT2D eigenvalue weighted by Crippen LogP contribution is -2.45. The zero-order valence-electron chi connectivity index (χ0n) is 52.2. The molecule has 0 rings (SSSR count). The zero-order chi connectivity index (χ0) is 55.7. The zero-order valence-corrected chi connectivity index (χ0v) is 52.2. The molecule has 0 aromatic rings. The van der Waals surface area contributed by atoms with Gasteiger partial charge in [0.15, 0.2) is 0 Å². The van der Waals surface area contributed by atoms with E-state index in [-0.39, 0.29) is 18.5 Å². The summed E-state index contributed by atoms with van der Waals surface area (Å²) in [5.74, 6) is -0.0506. The Kier molecular flexibility index (Phi) is 65.4. The Hall–Kier alpha value is -1.66. The molecule has 0 aliphatic heterocycles. The number of hydrogen-bond donors (Lipinski definition) is 3. The standard InChI is InChI=1S/C71H137NO5/c1-3-5-7-9-11-13-15-17-18-19-33-36-40-43-47-51-55-59-63-69(74)68(67-73)72-70(75)64-60-56-52-48-44-41-37-34-31-29-27-25-23-21-20-22-24-26-28-30-32-35-38-42-46-50-54-58-62-66-77-71(76)65-61-57-53-49-45-39-16-14-12-10-8-6-4-2/h14,16,59,63,68-69,73-74H,3-13,15,17-58,60-62,64-67H2,1-2H3,(H,72,75)/b16-14-,63-59+. The fourth-order valence-electron chi connectivity index (χ4n) is 11.1. The number of aliphatic hydroxyl groups excluding tert-OH is 2. The van der Waals surface area contributed by atoms with Gasteiger partial charge in [0.1, 0.15) is 0 Å². The molecule has 0 spiro atoms. The van der Waals surface area contributed by atoms with Crippen LogP contribution in [0.1, 0.15) is 393 Å². The number of carbonyl (C=O) groups is 2. The van der Waals surface area contributed by atoms with Gasteiger partial charge in [-0.2, -0.15) is 0 Å². The molecule has 0 aromatic heterocycles. The predicted molar refractivity (Wildman–Crippen MR) is 338 cm³/mol. The maximum atomic E-state index is 12.5. The summed E-state index contributed by atoms with van der Waals surface area (Å²) in [4.78, 5) is 24.5. The fourth-order valence-corrected chi connectivity index (χ4v) is 11.1. The van der Waals surface area contributed by atoms with Gasteiger partial charge in [-0.05, 0) is 57.8 Å². The summed E-state index contributed by atoms with van der Waals surface area (Å²) in [7, 11) is 0. The number of carbonyl (C=O) groups excluding carboxylic acids is 2. The molecule has 0 aliphatic rings. The maximum absolute atomic E-state index is 12.5. The summed E-state index contributed by atoms with van der Waals surface area (Å²) in [6.07, 6.45) is 84.0. The van der Waals surface area contributed by atoms with E-state index in [0.717, 1.165) is 44.9 Å². The highest BCUT2D eigenvalue weighted by atomic mass is 16.5. The van der Waals surface area contributed by atoms with E-state index in [1.165, 1.54) is 321 Å². The highest BCUT2D eigenvalue weighted by Gasteiger charge is 2.18. The summed E-state index contributed by atoms with van der Waals surface area (Å²) >= 11 is 0. The molecule has 6 heteroatoms. The summed E-state index contributed by atoms with van der Waals surface area (Å²) < 4.78 is 5.48. The van der Waals surface area contributed by atoms with Crippen molar-refractivity contribution in [3.63, 3.8) is 0 Å². The second-order valence-electron chi connectivity index (χ2n) is 24.2. The average molecular weight is 1080 g/mol. The van der Waals surface area contributed by atoms with Crippen LogP contribution in [0, 0.1) is 0 Å². The molecule has 0 bridgehead atoms. The second kappa shape index (κ2) is 66.8. The fraction of sp³-hybridized carbons (Fsp3) is 0.915. The number of hydrogen-bond acceptors (Lipinski definition) is 5. The van der Waals surface area contributed by atoms with E-state index in [9.17, 15) is 19.8 Å². The van der Waals surface area contributed by atoms with Gasteiger partial charge in [0.25, 0.3) is 0 Å². The third-order valence-corrected chi connectivity index (χ3v) is 16.5. The lowest BCUT2D eigenvalue weighted by molar-refractivity contribution is -0.143. The van der Waals surface area contributed by atoms with E-state index in [0.29, 0.717) is 19.4 Å². The van der Waals surface area contributed by atoms with Gasteiger partial charge >= 0.3 is 5.97 Å². The Morgan fingerprint density at radius 1 is 0.351 bits per heavy atom. The van der Waals surface area contributed by atoms with Crippen LogP contribution in [-0.2, 0) is 14.3 Å². The Bertz CT molecular complexity index is 1200. The summed E-state index contributed by atoms with van der Waals surface area (Å²) in [6.45, 7) is 4.92. The Morgan fingerprint density at radius 3 is 0.935 bits per heavy atom. The minimum atomic E-state index is -0.842. The van der Waals surface area contributed by atoms with Crippen molar-refractivity contribution in [2.75, 3.05) is 13.2 Å². The van der Waals surface area contributed by atoms with E-state index in [2.05, 4.69) is 31.3 Å². The van der Waals surface area contributed by atoms with E-state index in [1.807, 2.05) is 6.08 Å². The van der Waals surface area contributed by atoms with Crippen LogP contribution in [0.2, 0.25) is 0 Å². The third kappa shape index (κ3) is 63.4. The van der Waals surface area contributed by atoms with Crippen LogP contribution >= 0.6 is 0 Å². The first-order valence-electron chi connectivity index (χ1n) is 35.1. The molecule has 0 fully saturated rings. The molecule has 6 nitrogen and oxygen atoms in total. The van der Waals surface area contributed by atoms with Crippen LogP contribution in [0.3, 0.4) is 0 Å². The van der Waals surface area contributed by atoms with Crippen molar-refractivity contribution in [1.29, 1.82) is 0 Å². The molecule has 2 atom stereocenters. The Morgan fingerprint density at radius 2 is 0.610 bits per heavy atom. The Labute approximate surface area is 481 Å². The average Bonchev–Trinajstić information content (AvgIpc) is 3.43. The maximum Gasteiger partial charge on any atom is 0.305 e. The first kappa shape index (κ1) is 75.3. The quantitative estimate of drug-likeness (QED) is 0.0320. The van der Waals surface area contributed by atoms with Crippen LogP contribution in [0.5, 0.6) is 0 Å². The monoisotopic (exact) mass is 1080 g/mol. The third-order valence-electron chi connectivity index (χ3n) is 16.5. The first-order valence-corrected chi connectivity index (χ1v) is 35.1. The number of nitrogens with one attached hydrogen (secondary N) is 1. The van der Waals surface area contributed by atoms with Gasteiger partial charge in [-0.1, -0.05) is 346 Å². The van der Waals surface area contributed by atoms with Crippen LogP contribution in [0.4, 0.5) is 0 Å². The number of rotatable bonds is 66. The summed E-state index contributed by atoms with van der Waals surface area (Å²) in [5, 5.41) is 23.2. The van der Waals surface area contributed by atoms with Gasteiger partial charge < -0.3 is 20.3 Å². The van der Waals surface area contributed by atoms with Crippen LogP contribution < -0.4 is 5.32 Å². The van der Waals surface area contributed by atoms with E-state index in [1.54, 1.807) is 6.08 Å². The second-order valence-corrected chi connectivity index (χ2v) is 24.2. The van der Waals surface area contributed by atoms with Crippen molar-refractivity contribution in [2.24, 2.45) is 0 Å². The number of esters is 1. The summed E-state index contributed by atoms with van der Waals surface area (Å²) in [6, 6.07) is -0.625. The predicted octanol–water partition coefficient (Wildman–Crippen LogP) is 22.5. The molecular weight excluding hydrogens is 947 g/mol. The lowest BCUT2D eigenvalue weighted by Gasteiger charge is -2.20. The summed E-state index contributed by atoms with van der Waals surface area (Å²) in [5.41, 5.74) is 0. The molecule has 77 heavy (non-hydrogen) atoms. The van der Waals surface area contributed by atoms with Crippen LogP contribution in [0.15, 0.2) is 24.3 Å². The topological polar surface area (TPSA) is 95.9 Å². The Balaban J connectivity index is 3.36. The largest absolute Gasteiger partial charge is 0.466 e. The lowest BCUT2D eigenvalue weighted by atomic mass is 10.0. The van der Waals surface area contributed by atoms with Crippen molar-refractivity contribution in [3.05, 3.63) is 24.3 Å². The van der Waals surface area contributed by atoms with E-state index < -0.39 is 12.1 Å². The normalized spacial score (nSPS) is 12.6. The number of allylic oxidation sites excluding steroid dienone is 3. The molecule has 0 saturated carbocycles. The number of amides is 1. The van der Waals surface area contributed by atoms with Crippen molar-refractivity contribution < 1.29 is 24.5 Å². The van der Waals surface area contributed by atoms with Crippen molar-refractivity contribution in [3.8, 4) is 0 Å². The van der Waals surface area contributed by atoms with Gasteiger partial charge in [0, 0.05) is 12.8 Å². The van der Waals surface area contributed by atoms with Gasteiger partial charge in [-0.3, -0.25) is 9.59 Å². The van der Waals surface area contributed by atoms with Crippen LogP contribution in [0.25, 0.3) is 0 Å². The number of unbranched alkanes of at least 4 members (excludes halogenated alkanes) is 53. The smallest absolute Gasteiger partial charge is 0.305 e. The highest BCUT2D eigenvalue weighted by molar-refractivity contribution is 5.76. The van der Waals surface area contributed by atoms with Crippen molar-refractivity contribution in [1.82, 2.24) is 5.32 Å².